The maximum absolute atomic E-state index is 13.4. The van der Waals surface area contributed by atoms with E-state index in [0.717, 1.165) is 47.1 Å². The van der Waals surface area contributed by atoms with Gasteiger partial charge in [0.05, 0.1) is 6.54 Å². The first-order chi connectivity index (χ1) is 18.1. The molecule has 5 rings (SSSR count). The van der Waals surface area contributed by atoms with Gasteiger partial charge in [0.25, 0.3) is 10.0 Å². The highest BCUT2D eigenvalue weighted by atomic mass is 35.5. The summed E-state index contributed by atoms with van der Waals surface area (Å²) in [5.41, 5.74) is 1.47. The second kappa shape index (κ2) is 10.6. The van der Waals surface area contributed by atoms with Gasteiger partial charge in [0.2, 0.25) is 5.91 Å². The van der Waals surface area contributed by atoms with E-state index in [2.05, 4.69) is 0 Å². The number of carboxylic acids is 1. The summed E-state index contributed by atoms with van der Waals surface area (Å²) in [5, 5.41) is 19.6. The van der Waals surface area contributed by atoms with Crippen LogP contribution in [-0.2, 0) is 26.2 Å². The van der Waals surface area contributed by atoms with Gasteiger partial charge >= 0.3 is 5.97 Å². The molecule has 1 atom stereocenters. The number of amidine groups is 1. The number of hydrogen-bond acceptors (Lipinski definition) is 6. The van der Waals surface area contributed by atoms with Crippen molar-refractivity contribution in [2.45, 2.75) is 36.1 Å². The third-order valence-electron chi connectivity index (χ3n) is 6.98. The number of likely N-dealkylation sites (tertiary alicyclic amines) is 1. The molecule has 0 bridgehead atoms. The van der Waals surface area contributed by atoms with Gasteiger partial charge in [0, 0.05) is 41.5 Å². The molecule has 2 aliphatic heterocycles. The van der Waals surface area contributed by atoms with E-state index in [1.54, 1.807) is 42.5 Å². The molecule has 0 saturated carbocycles. The zero-order chi connectivity index (χ0) is 27.0. The number of carbonyl (C=O) groups is 2. The number of thiophene rings is 1. The summed E-state index contributed by atoms with van der Waals surface area (Å²) in [6.07, 6.45) is 3.31. The molecule has 9 nitrogen and oxygen atoms in total. The summed E-state index contributed by atoms with van der Waals surface area (Å²) >= 11 is 7.06. The fourth-order valence-electron chi connectivity index (χ4n) is 4.86. The van der Waals surface area contributed by atoms with E-state index in [9.17, 15) is 23.1 Å². The molecule has 200 valence electrons. The molecule has 3 aromatic rings. The molecule has 12 heteroatoms. The molecule has 0 radical (unpaired) electrons. The second-order valence-electron chi connectivity index (χ2n) is 9.51. The Morgan fingerprint density at radius 1 is 1.08 bits per heavy atom. The van der Waals surface area contributed by atoms with Crippen LogP contribution in [0.5, 0.6) is 0 Å². The van der Waals surface area contributed by atoms with Crippen LogP contribution in [0.4, 0.5) is 0 Å². The molecule has 0 aliphatic carbocycles. The molecule has 0 unspecified atom stereocenters. The predicted molar refractivity (Wildman–Crippen MR) is 146 cm³/mol. The summed E-state index contributed by atoms with van der Waals surface area (Å²) in [6, 6.07) is 12.4. The van der Waals surface area contributed by atoms with Crippen molar-refractivity contribution in [3.8, 4) is 0 Å². The van der Waals surface area contributed by atoms with Crippen molar-refractivity contribution in [2.24, 2.45) is 0 Å². The Kier molecular flexibility index (Phi) is 7.45. The molecule has 2 aromatic carbocycles. The van der Waals surface area contributed by atoms with Gasteiger partial charge < -0.3 is 14.9 Å². The standard InChI is InChI=1S/C26H27ClN4O5S2/c27-20-9-8-19-12-24(37-22(19)13-20)38(35,36)30-15-21(26(33)34)31(23(32)16-30)14-17-4-6-18(7-5-17)25(28)29-10-2-1-3-11-29/h4-9,12-13,21,28H,1-3,10-11,14-16H2,(H,33,34)/t21-/m1/s1. The summed E-state index contributed by atoms with van der Waals surface area (Å²) in [6.45, 7) is 0.951. The van der Waals surface area contributed by atoms with Crippen LogP contribution in [-0.4, -0.2) is 77.6 Å². The number of piperidine rings is 1. The molecule has 3 heterocycles. The van der Waals surface area contributed by atoms with Crippen LogP contribution in [0.2, 0.25) is 5.02 Å². The summed E-state index contributed by atoms with van der Waals surface area (Å²) in [7, 11) is -4.09. The van der Waals surface area contributed by atoms with Crippen LogP contribution >= 0.6 is 22.9 Å². The summed E-state index contributed by atoms with van der Waals surface area (Å²) < 4.78 is 28.4. The van der Waals surface area contributed by atoms with Crippen molar-refractivity contribution in [3.63, 3.8) is 0 Å². The predicted octanol–water partition coefficient (Wildman–Crippen LogP) is 3.85. The number of sulfonamides is 1. The quantitative estimate of drug-likeness (QED) is 0.341. The van der Waals surface area contributed by atoms with E-state index in [1.807, 2.05) is 4.90 Å². The number of benzene rings is 2. The number of nitrogens with one attached hydrogen (secondary N) is 1. The van der Waals surface area contributed by atoms with Gasteiger partial charge in [0.15, 0.2) is 0 Å². The fraction of sp³-hybridized carbons (Fsp3) is 0.346. The van der Waals surface area contributed by atoms with Gasteiger partial charge in [-0.1, -0.05) is 41.9 Å². The Labute approximate surface area is 229 Å². The van der Waals surface area contributed by atoms with Crippen molar-refractivity contribution < 1.29 is 23.1 Å². The monoisotopic (exact) mass is 574 g/mol. The number of aliphatic carboxylic acids is 1. The maximum Gasteiger partial charge on any atom is 0.327 e. The molecular formula is C26H27ClN4O5S2. The first-order valence-electron chi connectivity index (χ1n) is 12.3. The molecule has 2 aliphatic rings. The van der Waals surface area contributed by atoms with E-state index >= 15 is 0 Å². The van der Waals surface area contributed by atoms with Crippen molar-refractivity contribution >= 4 is 60.8 Å². The van der Waals surface area contributed by atoms with Gasteiger partial charge in [-0.25, -0.2) is 13.2 Å². The van der Waals surface area contributed by atoms with Crippen LogP contribution in [0.15, 0.2) is 52.7 Å². The Bertz CT molecular complexity index is 1500. The summed E-state index contributed by atoms with van der Waals surface area (Å²) in [5.74, 6) is -1.40. The minimum Gasteiger partial charge on any atom is -0.480 e. The highest BCUT2D eigenvalue weighted by Gasteiger charge is 2.42. The normalized spacial score (nSPS) is 19.2. The lowest BCUT2D eigenvalue weighted by molar-refractivity contribution is -0.154. The lowest BCUT2D eigenvalue weighted by atomic mass is 10.1. The third kappa shape index (κ3) is 5.28. The molecule has 2 saturated heterocycles. The van der Waals surface area contributed by atoms with E-state index in [1.165, 1.54) is 17.4 Å². The van der Waals surface area contributed by atoms with Gasteiger partial charge in [-0.15, -0.1) is 11.3 Å². The van der Waals surface area contributed by atoms with Gasteiger partial charge in [-0.2, -0.15) is 4.31 Å². The number of halogens is 1. The van der Waals surface area contributed by atoms with Crippen molar-refractivity contribution in [1.29, 1.82) is 5.41 Å². The number of piperazine rings is 1. The number of fused-ring (bicyclic) bond motifs is 1. The first kappa shape index (κ1) is 26.6. The largest absolute Gasteiger partial charge is 0.480 e. The highest BCUT2D eigenvalue weighted by Crippen LogP contribution is 2.33. The third-order valence-corrected chi connectivity index (χ3v) is 10.6. The molecule has 1 aromatic heterocycles. The van der Waals surface area contributed by atoms with E-state index in [0.29, 0.717) is 26.5 Å². The molecule has 38 heavy (non-hydrogen) atoms. The average molecular weight is 575 g/mol. The van der Waals surface area contributed by atoms with Crippen molar-refractivity contribution in [1.82, 2.24) is 14.1 Å². The van der Waals surface area contributed by atoms with Crippen LogP contribution in [0.1, 0.15) is 30.4 Å². The SMILES string of the molecule is N=C(c1ccc(CN2C(=O)CN(S(=O)(=O)c3cc4ccc(Cl)cc4s3)C[C@@H]2C(=O)O)cc1)N1CCCCC1. The molecule has 2 N–H and O–H groups in total. The van der Waals surface area contributed by atoms with E-state index < -0.39 is 34.5 Å². The van der Waals surface area contributed by atoms with E-state index in [-0.39, 0.29) is 17.3 Å². The Morgan fingerprint density at radius 2 is 1.79 bits per heavy atom. The number of rotatable bonds is 6. The lowest BCUT2D eigenvalue weighted by Crippen LogP contribution is -2.59. The van der Waals surface area contributed by atoms with E-state index in [4.69, 9.17) is 17.0 Å². The zero-order valence-electron chi connectivity index (χ0n) is 20.5. The van der Waals surface area contributed by atoms with Crippen LogP contribution in [0.3, 0.4) is 0 Å². The number of amides is 1. The van der Waals surface area contributed by atoms with Crippen molar-refractivity contribution in [2.75, 3.05) is 26.2 Å². The van der Waals surface area contributed by atoms with Crippen LogP contribution in [0, 0.1) is 5.41 Å². The lowest BCUT2D eigenvalue weighted by Gasteiger charge is -2.38. The highest BCUT2D eigenvalue weighted by molar-refractivity contribution is 7.91. The number of carboxylic acid groups (broad SMARTS) is 1. The minimum absolute atomic E-state index is 0.0302. The van der Waals surface area contributed by atoms with Crippen molar-refractivity contribution in [3.05, 3.63) is 64.7 Å². The van der Waals surface area contributed by atoms with Gasteiger partial charge in [0.1, 0.15) is 16.1 Å². The minimum atomic E-state index is -4.09. The Morgan fingerprint density at radius 3 is 2.47 bits per heavy atom. The first-order valence-corrected chi connectivity index (χ1v) is 14.9. The number of nitrogens with zero attached hydrogens (tertiary/aromatic N) is 3. The van der Waals surface area contributed by atoms with Gasteiger partial charge in [-0.3, -0.25) is 10.2 Å². The Hall–Kier alpha value is -2.99. The fourth-order valence-corrected chi connectivity index (χ4v) is 8.09. The zero-order valence-corrected chi connectivity index (χ0v) is 22.9. The number of hydrogen-bond donors (Lipinski definition) is 2. The van der Waals surface area contributed by atoms with Crippen LogP contribution in [0.25, 0.3) is 10.1 Å². The maximum atomic E-state index is 13.4. The van der Waals surface area contributed by atoms with Crippen LogP contribution < -0.4 is 0 Å². The second-order valence-corrected chi connectivity index (χ2v) is 13.2. The molecular weight excluding hydrogens is 548 g/mol. The molecule has 0 spiro atoms. The topological polar surface area (TPSA) is 122 Å². The average Bonchev–Trinajstić information content (AvgIpc) is 3.34. The van der Waals surface area contributed by atoms with Gasteiger partial charge in [-0.05, 0) is 48.4 Å². The number of carbonyl (C=O) groups excluding carboxylic acids is 1. The summed E-state index contributed by atoms with van der Waals surface area (Å²) in [4.78, 5) is 28.5. The molecule has 1 amide bonds. The Balaban J connectivity index is 1.32. The molecule has 2 fully saturated rings. The smallest absolute Gasteiger partial charge is 0.327 e.